The third-order valence-electron chi connectivity index (χ3n) is 3.28. The van der Waals surface area contributed by atoms with Crippen molar-refractivity contribution < 1.29 is 9.90 Å². The van der Waals surface area contributed by atoms with Gasteiger partial charge in [-0.2, -0.15) is 5.10 Å². The van der Waals surface area contributed by atoms with Crippen LogP contribution in [-0.2, 0) is 4.79 Å². The van der Waals surface area contributed by atoms with Crippen LogP contribution in [0, 0.1) is 0 Å². The largest absolute Gasteiger partial charge is 0.508 e. The fourth-order valence-corrected chi connectivity index (χ4v) is 3.19. The summed E-state index contributed by atoms with van der Waals surface area (Å²) in [7, 11) is 0. The van der Waals surface area contributed by atoms with Crippen LogP contribution in [0.3, 0.4) is 0 Å². The highest BCUT2D eigenvalue weighted by Crippen LogP contribution is 2.36. The van der Waals surface area contributed by atoms with Crippen LogP contribution in [0.2, 0.25) is 5.02 Å². The molecule has 0 bridgehead atoms. The lowest BCUT2D eigenvalue weighted by molar-refractivity contribution is -0.114. The predicted molar refractivity (Wildman–Crippen MR) is 106 cm³/mol. The van der Waals surface area contributed by atoms with Gasteiger partial charge >= 0.3 is 0 Å². The van der Waals surface area contributed by atoms with Crippen molar-refractivity contribution in [3.05, 3.63) is 59.1 Å². The Morgan fingerprint density at radius 1 is 1.27 bits per heavy atom. The van der Waals surface area contributed by atoms with E-state index in [1.165, 1.54) is 18.3 Å². The van der Waals surface area contributed by atoms with Gasteiger partial charge in [-0.1, -0.05) is 47.2 Å². The van der Waals surface area contributed by atoms with E-state index in [0.717, 1.165) is 11.1 Å². The number of rotatable bonds is 5. The zero-order valence-electron chi connectivity index (χ0n) is 13.7. The fourth-order valence-electron chi connectivity index (χ4n) is 2.18. The molecule has 0 spiro atoms. The number of nitrogens with one attached hydrogen (secondary N) is 2. The smallest absolute Gasteiger partial charge is 0.221 e. The SMILES string of the molecule is CC(=O)Nc1sc(NN=Cc2cccc(O)c2)nc1-c1ccc(Cl)cc1. The molecule has 1 heterocycles. The first-order valence-electron chi connectivity index (χ1n) is 7.64. The van der Waals surface area contributed by atoms with E-state index in [1.807, 2.05) is 18.2 Å². The predicted octanol–water partition coefficient (Wildman–Crippen LogP) is 4.57. The third kappa shape index (κ3) is 4.59. The maximum absolute atomic E-state index is 11.5. The Labute approximate surface area is 159 Å². The van der Waals surface area contributed by atoms with E-state index < -0.39 is 0 Å². The Hall–Kier alpha value is -2.90. The number of carbonyl (C=O) groups excluding carboxylic acids is 1. The summed E-state index contributed by atoms with van der Waals surface area (Å²) in [4.78, 5) is 16.0. The Balaban J connectivity index is 1.83. The number of thiazole rings is 1. The van der Waals surface area contributed by atoms with Crippen LogP contribution < -0.4 is 10.7 Å². The molecule has 0 aliphatic carbocycles. The van der Waals surface area contributed by atoms with Crippen molar-refractivity contribution in [3.8, 4) is 17.0 Å². The molecule has 6 nitrogen and oxygen atoms in total. The highest BCUT2D eigenvalue weighted by molar-refractivity contribution is 7.20. The summed E-state index contributed by atoms with van der Waals surface area (Å²) in [6.07, 6.45) is 1.57. The van der Waals surface area contributed by atoms with Crippen molar-refractivity contribution in [2.75, 3.05) is 10.7 Å². The number of aromatic hydroxyl groups is 1. The van der Waals surface area contributed by atoms with E-state index in [0.29, 0.717) is 20.8 Å². The third-order valence-corrected chi connectivity index (χ3v) is 4.41. The van der Waals surface area contributed by atoms with Crippen molar-refractivity contribution in [2.45, 2.75) is 6.92 Å². The molecule has 1 amide bonds. The quantitative estimate of drug-likeness (QED) is 0.442. The minimum absolute atomic E-state index is 0.168. The topological polar surface area (TPSA) is 86.6 Å². The fraction of sp³-hybridized carbons (Fsp3) is 0.0556. The molecule has 132 valence electrons. The molecular formula is C18H15ClN4O2S. The van der Waals surface area contributed by atoms with Crippen LogP contribution in [0.5, 0.6) is 5.75 Å². The lowest BCUT2D eigenvalue weighted by Crippen LogP contribution is -2.05. The van der Waals surface area contributed by atoms with Crippen LogP contribution >= 0.6 is 22.9 Å². The number of nitrogens with zero attached hydrogens (tertiary/aromatic N) is 2. The molecule has 2 aromatic carbocycles. The second-order valence-electron chi connectivity index (χ2n) is 5.35. The number of phenolic OH excluding ortho intramolecular Hbond substituents is 1. The number of amides is 1. The van der Waals surface area contributed by atoms with Gasteiger partial charge in [-0.25, -0.2) is 4.98 Å². The second kappa shape index (κ2) is 7.99. The molecule has 0 saturated carbocycles. The zero-order chi connectivity index (χ0) is 18.5. The monoisotopic (exact) mass is 386 g/mol. The number of hydrazone groups is 1. The first kappa shape index (κ1) is 17.9. The molecule has 8 heteroatoms. The molecule has 0 saturated heterocycles. The van der Waals surface area contributed by atoms with Crippen molar-refractivity contribution in [1.82, 2.24) is 4.98 Å². The molecule has 3 rings (SSSR count). The summed E-state index contributed by atoms with van der Waals surface area (Å²) < 4.78 is 0. The summed E-state index contributed by atoms with van der Waals surface area (Å²) in [5.41, 5.74) is 5.06. The van der Waals surface area contributed by atoms with Crippen LogP contribution in [0.15, 0.2) is 53.6 Å². The number of anilines is 2. The minimum Gasteiger partial charge on any atom is -0.508 e. The maximum Gasteiger partial charge on any atom is 0.221 e. The number of hydrogen-bond acceptors (Lipinski definition) is 6. The van der Waals surface area contributed by atoms with Gasteiger partial charge in [-0.05, 0) is 29.8 Å². The van der Waals surface area contributed by atoms with Gasteiger partial charge in [0.2, 0.25) is 11.0 Å². The van der Waals surface area contributed by atoms with Crippen molar-refractivity contribution in [2.24, 2.45) is 5.10 Å². The summed E-state index contributed by atoms with van der Waals surface area (Å²) >= 11 is 7.20. The van der Waals surface area contributed by atoms with E-state index in [4.69, 9.17) is 11.6 Å². The first-order valence-corrected chi connectivity index (χ1v) is 8.83. The van der Waals surface area contributed by atoms with Gasteiger partial charge < -0.3 is 10.4 Å². The number of aromatic nitrogens is 1. The Morgan fingerprint density at radius 2 is 2.04 bits per heavy atom. The minimum atomic E-state index is -0.182. The second-order valence-corrected chi connectivity index (χ2v) is 6.79. The molecule has 3 aromatic rings. The van der Waals surface area contributed by atoms with Gasteiger partial charge in [-0.3, -0.25) is 10.2 Å². The van der Waals surface area contributed by atoms with E-state index >= 15 is 0 Å². The van der Waals surface area contributed by atoms with Crippen molar-refractivity contribution >= 4 is 45.2 Å². The number of phenols is 1. The summed E-state index contributed by atoms with van der Waals surface area (Å²) in [6.45, 7) is 1.44. The highest BCUT2D eigenvalue weighted by atomic mass is 35.5. The Morgan fingerprint density at radius 3 is 2.73 bits per heavy atom. The van der Waals surface area contributed by atoms with Gasteiger partial charge in [-0.15, -0.1) is 0 Å². The van der Waals surface area contributed by atoms with Crippen LogP contribution in [0.4, 0.5) is 10.1 Å². The van der Waals surface area contributed by atoms with Gasteiger partial charge in [0.1, 0.15) is 16.4 Å². The van der Waals surface area contributed by atoms with E-state index in [-0.39, 0.29) is 11.7 Å². The van der Waals surface area contributed by atoms with Gasteiger partial charge in [0.25, 0.3) is 0 Å². The van der Waals surface area contributed by atoms with Crippen LogP contribution in [0.1, 0.15) is 12.5 Å². The first-order chi connectivity index (χ1) is 12.5. The molecule has 0 unspecified atom stereocenters. The highest BCUT2D eigenvalue weighted by Gasteiger charge is 2.14. The number of benzene rings is 2. The number of halogens is 1. The van der Waals surface area contributed by atoms with Crippen LogP contribution in [0.25, 0.3) is 11.3 Å². The van der Waals surface area contributed by atoms with Crippen molar-refractivity contribution in [3.63, 3.8) is 0 Å². The molecule has 0 aliphatic rings. The summed E-state index contributed by atoms with van der Waals surface area (Å²) in [6, 6.07) is 13.9. The maximum atomic E-state index is 11.5. The molecule has 1 aromatic heterocycles. The summed E-state index contributed by atoms with van der Waals surface area (Å²) in [5, 5.41) is 18.1. The molecule has 3 N–H and O–H groups in total. The standard InChI is InChI=1S/C18H15ClN4O2S/c1-11(24)21-17-16(13-5-7-14(19)8-6-13)22-18(26-17)23-20-10-12-3-2-4-15(25)9-12/h2-10,25H,1H3,(H,21,24)(H,22,23). The Kier molecular flexibility index (Phi) is 5.50. The average molecular weight is 387 g/mol. The van der Waals surface area contributed by atoms with Gasteiger partial charge in [0.15, 0.2) is 0 Å². The van der Waals surface area contributed by atoms with E-state index in [1.54, 1.807) is 36.5 Å². The molecule has 26 heavy (non-hydrogen) atoms. The normalized spacial score (nSPS) is 10.8. The molecule has 0 aliphatic heterocycles. The van der Waals surface area contributed by atoms with E-state index in [2.05, 4.69) is 20.8 Å². The summed E-state index contributed by atoms with van der Waals surface area (Å²) in [5.74, 6) is -0.0140. The molecular weight excluding hydrogens is 372 g/mol. The number of carbonyl (C=O) groups is 1. The lowest BCUT2D eigenvalue weighted by atomic mass is 10.2. The molecule has 0 radical (unpaired) electrons. The van der Waals surface area contributed by atoms with Crippen molar-refractivity contribution in [1.29, 1.82) is 0 Å². The lowest BCUT2D eigenvalue weighted by Gasteiger charge is -2.02. The zero-order valence-corrected chi connectivity index (χ0v) is 15.3. The Bertz CT molecular complexity index is 954. The molecule has 0 fully saturated rings. The van der Waals surface area contributed by atoms with Gasteiger partial charge in [0, 0.05) is 17.5 Å². The average Bonchev–Trinajstić information content (AvgIpc) is 2.97. The number of hydrogen-bond donors (Lipinski definition) is 3. The van der Waals surface area contributed by atoms with Gasteiger partial charge in [0.05, 0.1) is 6.21 Å². The van der Waals surface area contributed by atoms with Crippen LogP contribution in [-0.4, -0.2) is 22.2 Å². The van der Waals surface area contributed by atoms with E-state index in [9.17, 15) is 9.90 Å². The molecule has 0 atom stereocenters.